The number of benzene rings is 1. The molecule has 146 valence electrons. The van der Waals surface area contributed by atoms with E-state index in [-0.39, 0.29) is 12.6 Å². The Kier molecular flexibility index (Phi) is 5.31. The van der Waals surface area contributed by atoms with Crippen molar-refractivity contribution in [3.63, 3.8) is 0 Å². The summed E-state index contributed by atoms with van der Waals surface area (Å²) in [7, 11) is -5.67. The Hall–Kier alpha value is -1.94. The van der Waals surface area contributed by atoms with Crippen LogP contribution in [0.3, 0.4) is 0 Å². The summed E-state index contributed by atoms with van der Waals surface area (Å²) in [4.78, 5) is 6.05. The Morgan fingerprint density at radius 2 is 2.19 bits per heavy atom. The second-order valence-corrected chi connectivity index (χ2v) is 8.39. The van der Waals surface area contributed by atoms with Crippen LogP contribution >= 0.6 is 11.3 Å². The minimum absolute atomic E-state index is 0.136. The molecule has 1 fully saturated rings. The van der Waals surface area contributed by atoms with E-state index in [2.05, 4.69) is 15.2 Å². The number of thiazole rings is 1. The maximum Gasteiger partial charge on any atom is 0.523 e. The second kappa shape index (κ2) is 7.23. The highest BCUT2D eigenvalue weighted by molar-refractivity contribution is 7.87. The number of rotatable bonds is 4. The van der Waals surface area contributed by atoms with E-state index in [1.165, 1.54) is 11.3 Å². The molecule has 0 radical (unpaired) electrons. The Balaban J connectivity index is 1.81. The van der Waals surface area contributed by atoms with Gasteiger partial charge in [0, 0.05) is 13.1 Å². The maximum absolute atomic E-state index is 12.4. The number of hydrogen-bond donors (Lipinski definition) is 0. The minimum Gasteiger partial charge on any atom is -0.369 e. The summed E-state index contributed by atoms with van der Waals surface area (Å²) in [6.45, 7) is 1.56. The van der Waals surface area contributed by atoms with E-state index in [0.29, 0.717) is 17.6 Å². The zero-order valence-corrected chi connectivity index (χ0v) is 15.6. The number of nitrogens with zero attached hydrogens (tertiary/aromatic N) is 3. The molecule has 0 spiro atoms. The van der Waals surface area contributed by atoms with Crippen LogP contribution in [0, 0.1) is 11.3 Å². The van der Waals surface area contributed by atoms with E-state index < -0.39 is 28.3 Å². The molecule has 12 heteroatoms. The summed E-state index contributed by atoms with van der Waals surface area (Å²) in [5.74, 6) is 0. The van der Waals surface area contributed by atoms with Gasteiger partial charge in [0.1, 0.15) is 17.7 Å². The average Bonchev–Trinajstić information content (AvgIpc) is 3.07. The highest BCUT2D eigenvalue weighted by Gasteiger charge is 2.47. The van der Waals surface area contributed by atoms with Crippen molar-refractivity contribution in [2.45, 2.75) is 24.6 Å². The molecule has 2 atom stereocenters. The summed E-state index contributed by atoms with van der Waals surface area (Å²) in [5, 5.41) is 9.17. The number of nitriles is 1. The van der Waals surface area contributed by atoms with Crippen molar-refractivity contribution in [3.8, 4) is 6.07 Å². The first kappa shape index (κ1) is 19.8. The van der Waals surface area contributed by atoms with E-state index in [0.717, 1.165) is 10.4 Å². The topological polar surface area (TPSA) is 92.5 Å². The monoisotopic (exact) mass is 421 g/mol. The molecule has 1 saturated heterocycles. The number of anilines is 1. The molecule has 0 amide bonds. The Morgan fingerprint density at radius 3 is 2.85 bits per heavy atom. The average molecular weight is 421 g/mol. The van der Waals surface area contributed by atoms with E-state index in [9.17, 15) is 21.6 Å². The van der Waals surface area contributed by atoms with Gasteiger partial charge in [0.2, 0.25) is 0 Å². The van der Waals surface area contributed by atoms with Gasteiger partial charge in [-0.2, -0.15) is 26.9 Å². The molecular weight excluding hydrogens is 407 g/mol. The van der Waals surface area contributed by atoms with Gasteiger partial charge in [-0.3, -0.25) is 4.18 Å². The molecule has 2 aromatic rings. The van der Waals surface area contributed by atoms with E-state index in [1.807, 2.05) is 4.90 Å². The van der Waals surface area contributed by atoms with Gasteiger partial charge in [0.15, 0.2) is 0 Å². The van der Waals surface area contributed by atoms with Crippen LogP contribution in [0.4, 0.5) is 18.9 Å². The zero-order valence-electron chi connectivity index (χ0n) is 13.9. The van der Waals surface area contributed by atoms with Gasteiger partial charge in [0.05, 0.1) is 34.2 Å². The standard InChI is InChI=1S/C15H14F3N3O4S2/c1-9-5-21(6-11(25-9)7-24-27(22,23)15(16,17)18)12-3-2-10(4-19)13-14(12)26-8-20-13/h2-3,8-9,11H,5-7H2,1H3/t9-,11-/m1/s1. The van der Waals surface area contributed by atoms with Gasteiger partial charge in [0.25, 0.3) is 0 Å². The Labute approximate surface area is 157 Å². The number of hydrogen-bond acceptors (Lipinski definition) is 8. The number of halogens is 3. The van der Waals surface area contributed by atoms with Crippen LogP contribution in [-0.4, -0.2) is 50.8 Å². The maximum atomic E-state index is 12.4. The molecule has 1 aliphatic heterocycles. The molecule has 0 N–H and O–H groups in total. The highest BCUT2D eigenvalue weighted by atomic mass is 32.2. The fraction of sp³-hybridized carbons (Fsp3) is 0.467. The number of fused-ring (bicyclic) bond motifs is 1. The normalized spacial score (nSPS) is 21.4. The number of ether oxygens (including phenoxy) is 1. The quantitative estimate of drug-likeness (QED) is 0.553. The van der Waals surface area contributed by atoms with Gasteiger partial charge < -0.3 is 9.64 Å². The van der Waals surface area contributed by atoms with Crippen LogP contribution in [0.1, 0.15) is 12.5 Å². The SMILES string of the molecule is C[C@@H]1CN(c2ccc(C#N)c3ncsc23)C[C@H](COS(=O)(=O)C(F)(F)F)O1. The van der Waals surface area contributed by atoms with Crippen molar-refractivity contribution >= 4 is 37.4 Å². The van der Waals surface area contributed by atoms with Gasteiger partial charge >= 0.3 is 15.6 Å². The molecular formula is C15H14F3N3O4S2. The predicted octanol–water partition coefficient (Wildman–Crippen LogP) is 2.63. The molecule has 0 bridgehead atoms. The van der Waals surface area contributed by atoms with Crippen LogP contribution in [0.5, 0.6) is 0 Å². The van der Waals surface area contributed by atoms with Gasteiger partial charge in [-0.05, 0) is 19.1 Å². The lowest BCUT2D eigenvalue weighted by atomic mass is 10.1. The molecule has 0 aliphatic carbocycles. The van der Waals surface area contributed by atoms with Gasteiger partial charge in [-0.15, -0.1) is 11.3 Å². The molecule has 1 aromatic heterocycles. The number of alkyl halides is 3. The smallest absolute Gasteiger partial charge is 0.369 e. The van der Waals surface area contributed by atoms with Crippen LogP contribution in [0.25, 0.3) is 10.2 Å². The molecule has 1 aromatic carbocycles. The lowest BCUT2D eigenvalue weighted by molar-refractivity contribution is -0.0656. The molecule has 27 heavy (non-hydrogen) atoms. The van der Waals surface area contributed by atoms with Crippen molar-refractivity contribution in [2.24, 2.45) is 0 Å². The van der Waals surface area contributed by atoms with Crippen LogP contribution in [-0.2, 0) is 19.0 Å². The van der Waals surface area contributed by atoms with Crippen molar-refractivity contribution in [1.82, 2.24) is 4.98 Å². The third-order valence-electron chi connectivity index (χ3n) is 3.94. The first-order valence-corrected chi connectivity index (χ1v) is 10.0. The molecule has 7 nitrogen and oxygen atoms in total. The Morgan fingerprint density at radius 1 is 1.44 bits per heavy atom. The van der Waals surface area contributed by atoms with E-state index in [4.69, 9.17) is 10.00 Å². The van der Waals surface area contributed by atoms with Crippen LogP contribution < -0.4 is 4.90 Å². The van der Waals surface area contributed by atoms with Crippen molar-refractivity contribution in [3.05, 3.63) is 23.2 Å². The van der Waals surface area contributed by atoms with E-state index in [1.54, 1.807) is 24.6 Å². The molecule has 1 aliphatic rings. The number of aromatic nitrogens is 1. The first-order chi connectivity index (χ1) is 12.6. The van der Waals surface area contributed by atoms with Crippen molar-refractivity contribution < 1.29 is 30.5 Å². The fourth-order valence-electron chi connectivity index (χ4n) is 2.84. The summed E-state index contributed by atoms with van der Waals surface area (Å²) in [6, 6.07) is 5.42. The summed E-state index contributed by atoms with van der Waals surface area (Å²) >= 11 is 1.34. The fourth-order valence-corrected chi connectivity index (χ4v) is 4.16. The van der Waals surface area contributed by atoms with Crippen LogP contribution in [0.15, 0.2) is 17.6 Å². The molecule has 0 saturated carbocycles. The predicted molar refractivity (Wildman–Crippen MR) is 91.8 cm³/mol. The van der Waals surface area contributed by atoms with Gasteiger partial charge in [-0.25, -0.2) is 4.98 Å². The first-order valence-electron chi connectivity index (χ1n) is 7.75. The molecule has 3 rings (SSSR count). The van der Waals surface area contributed by atoms with Crippen molar-refractivity contribution in [2.75, 3.05) is 24.6 Å². The molecule has 2 heterocycles. The largest absolute Gasteiger partial charge is 0.523 e. The van der Waals surface area contributed by atoms with E-state index >= 15 is 0 Å². The van der Waals surface area contributed by atoms with Gasteiger partial charge in [-0.1, -0.05) is 0 Å². The summed E-state index contributed by atoms with van der Waals surface area (Å²) in [6.07, 6.45) is -1.23. The lowest BCUT2D eigenvalue weighted by Gasteiger charge is -2.38. The summed E-state index contributed by atoms with van der Waals surface area (Å²) in [5.41, 5.74) is -2.14. The third kappa shape index (κ3) is 4.01. The van der Waals surface area contributed by atoms with Crippen molar-refractivity contribution in [1.29, 1.82) is 5.26 Å². The third-order valence-corrected chi connectivity index (χ3v) is 5.81. The van der Waals surface area contributed by atoms with Crippen LogP contribution in [0.2, 0.25) is 0 Å². The Bertz CT molecular complexity index is 984. The second-order valence-electron chi connectivity index (χ2n) is 5.93. The zero-order chi connectivity index (χ0) is 19.8. The minimum atomic E-state index is -5.67. The highest BCUT2D eigenvalue weighted by Crippen LogP contribution is 2.34. The summed E-state index contributed by atoms with van der Waals surface area (Å²) < 4.78 is 69.8. The number of morpholine rings is 1. The lowest BCUT2D eigenvalue weighted by Crippen LogP contribution is -2.49. The molecule has 0 unspecified atom stereocenters.